The van der Waals surface area contributed by atoms with Crippen LogP contribution in [-0.2, 0) is 4.79 Å². The predicted octanol–water partition coefficient (Wildman–Crippen LogP) is 3.89. The van der Waals surface area contributed by atoms with Crippen LogP contribution in [0.2, 0.25) is 0 Å². The number of hydrogen-bond acceptors (Lipinski definition) is 2. The van der Waals surface area contributed by atoms with E-state index in [1.165, 1.54) is 4.88 Å². The Bertz CT molecular complexity index is 314. The summed E-state index contributed by atoms with van der Waals surface area (Å²) < 4.78 is 1.11. The monoisotopic (exact) mass is 258 g/mol. The number of rotatable bonds is 4. The van der Waals surface area contributed by atoms with E-state index in [0.717, 1.165) is 10.9 Å². The van der Waals surface area contributed by atoms with Crippen molar-refractivity contribution >= 4 is 39.1 Å². The van der Waals surface area contributed by atoms with E-state index in [1.54, 1.807) is 18.3 Å². The largest absolute Gasteiger partial charge is 0.300 e. The SMILES string of the molecule is CC(=O)CC/C=C/c1cc(Br)cs1. The first-order valence-electron chi connectivity index (χ1n) is 4.08. The van der Waals surface area contributed by atoms with Crippen LogP contribution >= 0.6 is 27.3 Å². The highest BCUT2D eigenvalue weighted by Gasteiger charge is 1.92. The Morgan fingerprint density at radius 1 is 1.69 bits per heavy atom. The summed E-state index contributed by atoms with van der Waals surface area (Å²) in [6, 6.07) is 2.06. The minimum Gasteiger partial charge on any atom is -0.300 e. The van der Waals surface area contributed by atoms with Crippen LogP contribution < -0.4 is 0 Å². The second kappa shape index (κ2) is 5.35. The smallest absolute Gasteiger partial charge is 0.130 e. The summed E-state index contributed by atoms with van der Waals surface area (Å²) in [5.74, 6) is 0.247. The summed E-state index contributed by atoms with van der Waals surface area (Å²) in [5.41, 5.74) is 0. The summed E-state index contributed by atoms with van der Waals surface area (Å²) in [4.78, 5) is 11.8. The first-order chi connectivity index (χ1) is 6.18. The van der Waals surface area contributed by atoms with Gasteiger partial charge in [0.05, 0.1) is 0 Å². The summed E-state index contributed by atoms with van der Waals surface area (Å²) in [6.07, 6.45) is 5.58. The number of allylic oxidation sites excluding steroid dienone is 1. The maximum atomic E-state index is 10.6. The molecule has 1 rings (SSSR count). The van der Waals surface area contributed by atoms with Crippen LogP contribution in [0.15, 0.2) is 22.0 Å². The van der Waals surface area contributed by atoms with Gasteiger partial charge in [-0.25, -0.2) is 0 Å². The lowest BCUT2D eigenvalue weighted by Crippen LogP contribution is -1.85. The Morgan fingerprint density at radius 3 is 3.00 bits per heavy atom. The Balaban J connectivity index is 2.36. The van der Waals surface area contributed by atoms with Gasteiger partial charge in [0.15, 0.2) is 0 Å². The summed E-state index contributed by atoms with van der Waals surface area (Å²) >= 11 is 5.08. The zero-order valence-electron chi connectivity index (χ0n) is 7.42. The maximum Gasteiger partial charge on any atom is 0.130 e. The molecule has 0 aromatic carbocycles. The fraction of sp³-hybridized carbons (Fsp3) is 0.300. The quantitative estimate of drug-likeness (QED) is 0.801. The highest BCUT2D eigenvalue weighted by molar-refractivity contribution is 9.10. The van der Waals surface area contributed by atoms with Crippen molar-refractivity contribution in [2.45, 2.75) is 19.8 Å². The molecule has 0 bridgehead atoms. The van der Waals surface area contributed by atoms with Crippen molar-refractivity contribution in [2.75, 3.05) is 0 Å². The van der Waals surface area contributed by atoms with Crippen LogP contribution in [0.25, 0.3) is 6.08 Å². The summed E-state index contributed by atoms with van der Waals surface area (Å²) in [5, 5.41) is 2.05. The number of Topliss-reactive ketones (excluding diaryl/α,β-unsaturated/α-hetero) is 1. The van der Waals surface area contributed by atoms with Gasteiger partial charge in [0.1, 0.15) is 5.78 Å². The lowest BCUT2D eigenvalue weighted by atomic mass is 10.2. The van der Waals surface area contributed by atoms with Gasteiger partial charge in [-0.3, -0.25) is 0 Å². The van der Waals surface area contributed by atoms with Gasteiger partial charge < -0.3 is 4.79 Å². The molecule has 0 saturated heterocycles. The molecule has 0 atom stereocenters. The number of ketones is 1. The van der Waals surface area contributed by atoms with E-state index in [4.69, 9.17) is 0 Å². The van der Waals surface area contributed by atoms with Crippen LogP contribution in [0.1, 0.15) is 24.6 Å². The van der Waals surface area contributed by atoms with Gasteiger partial charge in [-0.1, -0.05) is 6.08 Å². The average molecular weight is 259 g/mol. The zero-order chi connectivity index (χ0) is 9.68. The molecule has 1 nitrogen and oxygen atoms in total. The molecule has 0 radical (unpaired) electrons. The molecule has 13 heavy (non-hydrogen) atoms. The normalized spacial score (nSPS) is 10.9. The fourth-order valence-corrected chi connectivity index (χ4v) is 2.27. The molecule has 0 amide bonds. The third-order valence-corrected chi connectivity index (χ3v) is 3.19. The highest BCUT2D eigenvalue weighted by atomic mass is 79.9. The number of carbonyl (C=O) groups excluding carboxylic acids is 1. The van der Waals surface area contributed by atoms with E-state index in [0.29, 0.717) is 6.42 Å². The molecule has 0 aliphatic carbocycles. The molecule has 3 heteroatoms. The first-order valence-corrected chi connectivity index (χ1v) is 5.76. The second-order valence-corrected chi connectivity index (χ2v) is 4.67. The van der Waals surface area contributed by atoms with Gasteiger partial charge in [-0.2, -0.15) is 0 Å². The lowest BCUT2D eigenvalue weighted by molar-refractivity contribution is -0.116. The third-order valence-electron chi connectivity index (χ3n) is 1.53. The number of carbonyl (C=O) groups is 1. The van der Waals surface area contributed by atoms with Gasteiger partial charge >= 0.3 is 0 Å². The molecule has 0 fully saturated rings. The molecule has 0 aliphatic heterocycles. The van der Waals surface area contributed by atoms with Crippen molar-refractivity contribution in [1.29, 1.82) is 0 Å². The second-order valence-electron chi connectivity index (χ2n) is 2.81. The van der Waals surface area contributed by atoms with Crippen molar-refractivity contribution in [2.24, 2.45) is 0 Å². The maximum absolute atomic E-state index is 10.6. The molecule has 0 saturated carbocycles. The van der Waals surface area contributed by atoms with Gasteiger partial charge in [0.25, 0.3) is 0 Å². The van der Waals surface area contributed by atoms with E-state index in [2.05, 4.69) is 28.1 Å². The summed E-state index contributed by atoms with van der Waals surface area (Å²) in [6.45, 7) is 1.62. The molecule has 0 unspecified atom stereocenters. The van der Waals surface area contributed by atoms with Crippen molar-refractivity contribution in [1.82, 2.24) is 0 Å². The van der Waals surface area contributed by atoms with Crippen LogP contribution in [0, 0.1) is 0 Å². The van der Waals surface area contributed by atoms with Gasteiger partial charge in [-0.05, 0) is 41.4 Å². The first kappa shape index (κ1) is 10.7. The number of hydrogen-bond donors (Lipinski definition) is 0. The molecule has 1 heterocycles. The molecule has 0 aliphatic rings. The van der Waals surface area contributed by atoms with E-state index in [9.17, 15) is 4.79 Å². The third kappa shape index (κ3) is 4.39. The van der Waals surface area contributed by atoms with E-state index in [1.807, 2.05) is 11.5 Å². The molecular formula is C10H11BrOS. The number of thiophene rings is 1. The zero-order valence-corrected chi connectivity index (χ0v) is 9.82. The standard InChI is InChI=1S/C10H11BrOS/c1-8(12)4-2-3-5-10-6-9(11)7-13-10/h3,5-7H,2,4H2,1H3/b5-3+. The van der Waals surface area contributed by atoms with Gasteiger partial charge in [0.2, 0.25) is 0 Å². The highest BCUT2D eigenvalue weighted by Crippen LogP contribution is 2.20. The molecule has 1 aromatic rings. The van der Waals surface area contributed by atoms with Crippen molar-refractivity contribution in [3.05, 3.63) is 26.9 Å². The van der Waals surface area contributed by atoms with Crippen molar-refractivity contribution < 1.29 is 4.79 Å². The molecular weight excluding hydrogens is 248 g/mol. The van der Waals surface area contributed by atoms with E-state index < -0.39 is 0 Å². The van der Waals surface area contributed by atoms with Gasteiger partial charge in [0, 0.05) is 21.2 Å². The average Bonchev–Trinajstić information content (AvgIpc) is 2.45. The molecule has 0 spiro atoms. The van der Waals surface area contributed by atoms with Crippen molar-refractivity contribution in [3.8, 4) is 0 Å². The van der Waals surface area contributed by atoms with Crippen LogP contribution in [0.3, 0.4) is 0 Å². The van der Waals surface area contributed by atoms with E-state index in [-0.39, 0.29) is 5.78 Å². The summed E-state index contributed by atoms with van der Waals surface area (Å²) in [7, 11) is 0. The van der Waals surface area contributed by atoms with Crippen LogP contribution in [0.5, 0.6) is 0 Å². The minimum absolute atomic E-state index is 0.247. The van der Waals surface area contributed by atoms with Crippen LogP contribution in [-0.4, -0.2) is 5.78 Å². The topological polar surface area (TPSA) is 17.1 Å². The minimum atomic E-state index is 0.247. The lowest BCUT2D eigenvalue weighted by Gasteiger charge is -1.87. The Hall–Kier alpha value is -0.410. The van der Waals surface area contributed by atoms with Crippen LogP contribution in [0.4, 0.5) is 0 Å². The Morgan fingerprint density at radius 2 is 2.46 bits per heavy atom. The molecule has 1 aromatic heterocycles. The number of halogens is 1. The predicted molar refractivity (Wildman–Crippen MR) is 61.0 cm³/mol. The Kier molecular flexibility index (Phi) is 4.39. The van der Waals surface area contributed by atoms with Crippen molar-refractivity contribution in [3.63, 3.8) is 0 Å². The van der Waals surface area contributed by atoms with E-state index >= 15 is 0 Å². The molecule has 0 N–H and O–H groups in total. The molecule has 70 valence electrons. The Labute approximate surface area is 90.6 Å². The fourth-order valence-electron chi connectivity index (χ4n) is 0.902. The van der Waals surface area contributed by atoms with Gasteiger partial charge in [-0.15, -0.1) is 11.3 Å².